The molecule has 0 unspecified atom stereocenters. The highest BCUT2D eigenvalue weighted by Crippen LogP contribution is 2.26. The molecule has 2 rings (SSSR count). The summed E-state index contributed by atoms with van der Waals surface area (Å²) >= 11 is 0. The lowest BCUT2D eigenvalue weighted by Crippen LogP contribution is -2.31. The number of carbonyl (C=O) groups is 1. The summed E-state index contributed by atoms with van der Waals surface area (Å²) in [6, 6.07) is 7.60. The normalized spacial score (nSPS) is 11.1. The van der Waals surface area contributed by atoms with Crippen molar-refractivity contribution in [3.63, 3.8) is 0 Å². The molecule has 3 N–H and O–H groups in total. The molecule has 0 fully saturated rings. The van der Waals surface area contributed by atoms with Crippen molar-refractivity contribution in [2.45, 2.75) is 13.5 Å². The van der Waals surface area contributed by atoms with Crippen LogP contribution in [-0.2, 0) is 6.54 Å². The van der Waals surface area contributed by atoms with Crippen molar-refractivity contribution in [2.75, 3.05) is 13.6 Å². The van der Waals surface area contributed by atoms with Crippen LogP contribution in [0.2, 0.25) is 0 Å². The molecule has 1 heterocycles. The Morgan fingerprint density at radius 2 is 2.17 bits per heavy atom. The van der Waals surface area contributed by atoms with Crippen LogP contribution in [-0.4, -0.2) is 24.4 Å². The number of benzene rings is 1. The van der Waals surface area contributed by atoms with Crippen molar-refractivity contribution in [1.82, 2.24) is 10.3 Å². The fraction of sp³-hybridized carbons (Fsp3) is 0.308. The number of nitrogens with zero attached hydrogens (tertiary/aromatic N) is 1. The zero-order valence-corrected chi connectivity index (χ0v) is 10.6. The van der Waals surface area contributed by atoms with E-state index in [9.17, 15) is 4.79 Å². The first kappa shape index (κ1) is 12.6. The first-order valence-electron chi connectivity index (χ1n) is 5.87. The molecule has 96 valence electrons. The van der Waals surface area contributed by atoms with E-state index >= 15 is 0 Å². The van der Waals surface area contributed by atoms with E-state index < -0.39 is 5.91 Å². The highest BCUT2D eigenvalue weighted by atomic mass is 16.3. The quantitative estimate of drug-likeness (QED) is 0.488. The second kappa shape index (κ2) is 5.20. The van der Waals surface area contributed by atoms with Crippen molar-refractivity contribution < 1.29 is 9.21 Å². The maximum atomic E-state index is 11.7. The number of hydrogen-bond donors (Lipinski definition) is 2. The number of carbonyl (C=O) groups excluding carboxylic acids is 1. The van der Waals surface area contributed by atoms with Gasteiger partial charge in [-0.05, 0) is 19.7 Å². The Morgan fingerprint density at radius 1 is 1.44 bits per heavy atom. The topological polar surface area (TPSA) is 71.5 Å². The molecule has 18 heavy (non-hydrogen) atoms. The minimum Gasteiger partial charge on any atom is -0.451 e. The summed E-state index contributed by atoms with van der Waals surface area (Å²) in [4.78, 5) is 13.8. The summed E-state index contributed by atoms with van der Waals surface area (Å²) in [7, 11) is 1.99. The van der Waals surface area contributed by atoms with Gasteiger partial charge >= 0.3 is 5.91 Å². The smallest absolute Gasteiger partial charge is 0.301 e. The zero-order chi connectivity index (χ0) is 13.1. The van der Waals surface area contributed by atoms with E-state index in [0.717, 1.165) is 17.5 Å². The van der Waals surface area contributed by atoms with Crippen LogP contribution in [0.4, 0.5) is 0 Å². The van der Waals surface area contributed by atoms with Crippen LogP contribution in [0.15, 0.2) is 28.7 Å². The molecule has 1 aromatic carbocycles. The average Bonchev–Trinajstić information content (AvgIpc) is 2.77. The van der Waals surface area contributed by atoms with Gasteiger partial charge in [-0.2, -0.15) is 0 Å². The van der Waals surface area contributed by atoms with Gasteiger partial charge in [-0.15, -0.1) is 0 Å². The highest BCUT2D eigenvalue weighted by molar-refractivity contribution is 5.98. The molecule has 0 saturated heterocycles. The third-order valence-electron chi connectivity index (χ3n) is 3.00. The third kappa shape index (κ3) is 2.23. The molecular formula is C13H17N3O2. The van der Waals surface area contributed by atoms with Crippen LogP contribution >= 0.6 is 0 Å². The molecule has 0 spiro atoms. The number of hydrogen-bond acceptors (Lipinski definition) is 4. The van der Waals surface area contributed by atoms with E-state index in [1.54, 1.807) is 0 Å². The van der Waals surface area contributed by atoms with E-state index in [2.05, 4.69) is 17.2 Å². The van der Waals surface area contributed by atoms with Gasteiger partial charge in [0.05, 0.1) is 0 Å². The Labute approximate surface area is 106 Å². The molecular weight excluding hydrogens is 230 g/mol. The van der Waals surface area contributed by atoms with Gasteiger partial charge in [-0.3, -0.25) is 10.2 Å². The van der Waals surface area contributed by atoms with Gasteiger partial charge in [0.15, 0.2) is 5.76 Å². The molecule has 0 radical (unpaired) electrons. The molecule has 0 bridgehead atoms. The molecule has 1 amide bonds. The minimum absolute atomic E-state index is 0.291. The molecule has 1 aromatic heterocycles. The standard InChI is InChI=1S/C13H17N3O2/c1-3-16(2)8-10-9-6-4-5-7-11(9)18-12(10)13(17)15-14/h4-7H,3,8,14H2,1-2H3,(H,15,17). The fourth-order valence-corrected chi connectivity index (χ4v) is 1.89. The van der Waals surface area contributed by atoms with Gasteiger partial charge < -0.3 is 9.32 Å². The van der Waals surface area contributed by atoms with Gasteiger partial charge in [0.1, 0.15) is 5.58 Å². The molecule has 0 atom stereocenters. The second-order valence-electron chi connectivity index (χ2n) is 4.21. The molecule has 0 aliphatic heterocycles. The van der Waals surface area contributed by atoms with Gasteiger partial charge in [0, 0.05) is 17.5 Å². The predicted octanol–water partition coefficient (Wildman–Crippen LogP) is 1.49. The Kier molecular flexibility index (Phi) is 3.64. The monoisotopic (exact) mass is 247 g/mol. The number of nitrogens with two attached hydrogens (primary N) is 1. The summed E-state index contributed by atoms with van der Waals surface area (Å²) in [6.07, 6.45) is 0. The number of fused-ring (bicyclic) bond motifs is 1. The van der Waals surface area contributed by atoms with Crippen molar-refractivity contribution in [1.29, 1.82) is 0 Å². The minimum atomic E-state index is -0.397. The predicted molar refractivity (Wildman–Crippen MR) is 69.9 cm³/mol. The number of nitrogen functional groups attached to an aromatic ring is 1. The summed E-state index contributed by atoms with van der Waals surface area (Å²) in [5.41, 5.74) is 3.70. The Balaban J connectivity index is 2.54. The molecule has 0 aliphatic carbocycles. The number of nitrogens with one attached hydrogen (secondary N) is 1. The van der Waals surface area contributed by atoms with Crippen molar-refractivity contribution in [3.05, 3.63) is 35.6 Å². The van der Waals surface area contributed by atoms with Crippen molar-refractivity contribution >= 4 is 16.9 Å². The summed E-state index contributed by atoms with van der Waals surface area (Å²) in [5, 5.41) is 0.955. The lowest BCUT2D eigenvalue weighted by Gasteiger charge is -2.13. The first-order valence-corrected chi connectivity index (χ1v) is 5.87. The lowest BCUT2D eigenvalue weighted by molar-refractivity contribution is 0.0925. The maximum absolute atomic E-state index is 11.7. The summed E-state index contributed by atoms with van der Waals surface area (Å²) in [6.45, 7) is 3.60. The van der Waals surface area contributed by atoms with Crippen molar-refractivity contribution in [2.24, 2.45) is 5.84 Å². The van der Waals surface area contributed by atoms with Crippen molar-refractivity contribution in [3.8, 4) is 0 Å². The SMILES string of the molecule is CCN(C)Cc1c(C(=O)NN)oc2ccccc12. The lowest BCUT2D eigenvalue weighted by atomic mass is 10.1. The Hall–Kier alpha value is -1.85. The zero-order valence-electron chi connectivity index (χ0n) is 10.6. The van der Waals surface area contributed by atoms with Crippen LogP contribution in [0.1, 0.15) is 23.0 Å². The van der Waals surface area contributed by atoms with E-state index in [4.69, 9.17) is 10.3 Å². The van der Waals surface area contributed by atoms with Gasteiger partial charge in [-0.25, -0.2) is 5.84 Å². The van der Waals surface area contributed by atoms with Crippen LogP contribution in [0, 0.1) is 0 Å². The third-order valence-corrected chi connectivity index (χ3v) is 3.00. The van der Waals surface area contributed by atoms with Gasteiger partial charge in [-0.1, -0.05) is 25.1 Å². The van der Waals surface area contributed by atoms with Crippen LogP contribution < -0.4 is 11.3 Å². The Bertz CT molecular complexity index is 562. The maximum Gasteiger partial charge on any atom is 0.301 e. The average molecular weight is 247 g/mol. The largest absolute Gasteiger partial charge is 0.451 e. The highest BCUT2D eigenvalue weighted by Gasteiger charge is 2.20. The molecule has 0 aliphatic rings. The van der Waals surface area contributed by atoms with E-state index in [1.807, 2.05) is 31.3 Å². The first-order chi connectivity index (χ1) is 8.67. The summed E-state index contributed by atoms with van der Waals surface area (Å²) in [5.74, 6) is 5.08. The second-order valence-corrected chi connectivity index (χ2v) is 4.21. The number of furan rings is 1. The molecule has 5 heteroatoms. The van der Waals surface area contributed by atoms with E-state index in [-0.39, 0.29) is 0 Å². The Morgan fingerprint density at radius 3 is 2.83 bits per heavy atom. The molecule has 0 saturated carbocycles. The van der Waals surface area contributed by atoms with E-state index in [0.29, 0.717) is 17.9 Å². The number of para-hydroxylation sites is 1. The van der Waals surface area contributed by atoms with Crippen LogP contribution in [0.3, 0.4) is 0 Å². The molecule has 2 aromatic rings. The summed E-state index contributed by atoms with van der Waals surface area (Å²) < 4.78 is 5.58. The molecule has 5 nitrogen and oxygen atoms in total. The number of hydrazine groups is 1. The van der Waals surface area contributed by atoms with Crippen LogP contribution in [0.5, 0.6) is 0 Å². The number of amides is 1. The van der Waals surface area contributed by atoms with Gasteiger partial charge in [0.2, 0.25) is 0 Å². The number of rotatable bonds is 4. The van der Waals surface area contributed by atoms with E-state index in [1.165, 1.54) is 0 Å². The van der Waals surface area contributed by atoms with Crippen LogP contribution in [0.25, 0.3) is 11.0 Å². The van der Waals surface area contributed by atoms with Gasteiger partial charge in [0.25, 0.3) is 0 Å². The fourth-order valence-electron chi connectivity index (χ4n) is 1.89.